The van der Waals surface area contributed by atoms with Crippen molar-refractivity contribution < 1.29 is 5.11 Å². The van der Waals surface area contributed by atoms with E-state index in [0.717, 1.165) is 19.3 Å². The van der Waals surface area contributed by atoms with Crippen LogP contribution in [-0.2, 0) is 0 Å². The minimum absolute atomic E-state index is 0.283. The third-order valence-corrected chi connectivity index (χ3v) is 2.54. The molecule has 0 spiro atoms. The minimum Gasteiger partial charge on any atom is -0.396 e. The maximum Gasteiger partial charge on any atom is 0.0434 e. The molecule has 0 bridgehead atoms. The van der Waals surface area contributed by atoms with Gasteiger partial charge in [0.1, 0.15) is 0 Å². The molecule has 0 rings (SSSR count). The van der Waals surface area contributed by atoms with Crippen LogP contribution >= 0.6 is 0 Å². The van der Waals surface area contributed by atoms with Gasteiger partial charge in [0.25, 0.3) is 0 Å². The van der Waals surface area contributed by atoms with Gasteiger partial charge in [-0.15, -0.1) is 0 Å². The van der Waals surface area contributed by atoms with E-state index in [4.69, 9.17) is 5.11 Å². The van der Waals surface area contributed by atoms with Gasteiger partial charge in [-0.05, 0) is 51.9 Å². The zero-order valence-electron chi connectivity index (χ0n) is 10.6. The Morgan fingerprint density at radius 3 is 2.60 bits per heavy atom. The predicted octanol–water partition coefficient (Wildman–Crippen LogP) is 4.09. The maximum atomic E-state index is 8.70. The maximum absolute atomic E-state index is 8.70. The van der Waals surface area contributed by atoms with Crippen LogP contribution < -0.4 is 0 Å². The van der Waals surface area contributed by atoms with Gasteiger partial charge in [0.15, 0.2) is 0 Å². The molecule has 0 heterocycles. The van der Waals surface area contributed by atoms with Crippen molar-refractivity contribution in [3.8, 4) is 0 Å². The van der Waals surface area contributed by atoms with E-state index in [-0.39, 0.29) is 6.61 Å². The van der Waals surface area contributed by atoms with E-state index in [9.17, 15) is 0 Å². The fraction of sp³-hybridized carbons (Fsp3) is 0.714. The standard InChI is InChI=1S/C14H26O/c1-12(2)7-5-8-13(3)11-14(4)9-6-10-15/h7,13,15H,4-6,8-11H2,1-3H3/t13-/m0/s1. The Labute approximate surface area is 94.9 Å². The second-order valence-corrected chi connectivity index (χ2v) is 4.75. The largest absolute Gasteiger partial charge is 0.396 e. The fourth-order valence-electron chi connectivity index (χ4n) is 1.68. The number of rotatable bonds is 8. The molecular weight excluding hydrogens is 184 g/mol. The molecule has 0 fully saturated rings. The summed E-state index contributed by atoms with van der Waals surface area (Å²) in [6, 6.07) is 0. The first-order chi connectivity index (χ1) is 7.06. The first-order valence-electron chi connectivity index (χ1n) is 5.97. The van der Waals surface area contributed by atoms with Gasteiger partial charge in [-0.25, -0.2) is 0 Å². The van der Waals surface area contributed by atoms with Crippen molar-refractivity contribution in [3.05, 3.63) is 23.8 Å². The Balaban J connectivity index is 3.59. The molecule has 0 amide bonds. The molecule has 88 valence electrons. The highest BCUT2D eigenvalue weighted by Crippen LogP contribution is 2.19. The molecule has 1 N–H and O–H groups in total. The van der Waals surface area contributed by atoms with Crippen LogP contribution in [0.5, 0.6) is 0 Å². The molecule has 0 saturated carbocycles. The third kappa shape index (κ3) is 9.74. The molecular formula is C14H26O. The van der Waals surface area contributed by atoms with Gasteiger partial charge >= 0.3 is 0 Å². The van der Waals surface area contributed by atoms with Gasteiger partial charge in [-0.2, -0.15) is 0 Å². The van der Waals surface area contributed by atoms with Gasteiger partial charge in [0.05, 0.1) is 0 Å². The van der Waals surface area contributed by atoms with E-state index < -0.39 is 0 Å². The summed E-state index contributed by atoms with van der Waals surface area (Å²) in [5.74, 6) is 0.715. The normalized spacial score (nSPS) is 12.3. The molecule has 0 aromatic carbocycles. The molecule has 1 heteroatoms. The number of hydrogen-bond acceptors (Lipinski definition) is 1. The highest BCUT2D eigenvalue weighted by Gasteiger charge is 2.03. The Kier molecular flexibility index (Phi) is 8.40. The minimum atomic E-state index is 0.283. The van der Waals surface area contributed by atoms with Crippen molar-refractivity contribution in [1.29, 1.82) is 0 Å². The van der Waals surface area contributed by atoms with Gasteiger partial charge < -0.3 is 5.11 Å². The van der Waals surface area contributed by atoms with E-state index >= 15 is 0 Å². The zero-order valence-corrected chi connectivity index (χ0v) is 10.6. The third-order valence-electron chi connectivity index (χ3n) is 2.54. The van der Waals surface area contributed by atoms with Crippen molar-refractivity contribution in [1.82, 2.24) is 0 Å². The molecule has 0 unspecified atom stereocenters. The Morgan fingerprint density at radius 2 is 2.07 bits per heavy atom. The smallest absolute Gasteiger partial charge is 0.0434 e. The summed E-state index contributed by atoms with van der Waals surface area (Å²) < 4.78 is 0. The van der Waals surface area contributed by atoms with Gasteiger partial charge in [-0.1, -0.05) is 30.7 Å². The number of aliphatic hydroxyl groups is 1. The molecule has 0 aliphatic heterocycles. The summed E-state index contributed by atoms with van der Waals surface area (Å²) in [7, 11) is 0. The van der Waals surface area contributed by atoms with Crippen LogP contribution in [0.1, 0.15) is 52.9 Å². The van der Waals surface area contributed by atoms with Crippen LogP contribution in [0.2, 0.25) is 0 Å². The van der Waals surface area contributed by atoms with Crippen LogP contribution in [0.25, 0.3) is 0 Å². The molecule has 0 radical (unpaired) electrons. The number of aliphatic hydroxyl groups excluding tert-OH is 1. The van der Waals surface area contributed by atoms with Crippen molar-refractivity contribution in [3.63, 3.8) is 0 Å². The van der Waals surface area contributed by atoms with Crippen molar-refractivity contribution in [2.24, 2.45) is 5.92 Å². The van der Waals surface area contributed by atoms with Crippen LogP contribution in [-0.4, -0.2) is 11.7 Å². The van der Waals surface area contributed by atoms with Crippen molar-refractivity contribution in [2.45, 2.75) is 52.9 Å². The summed E-state index contributed by atoms with van der Waals surface area (Å²) in [6.45, 7) is 10.9. The second kappa shape index (κ2) is 8.72. The summed E-state index contributed by atoms with van der Waals surface area (Å²) in [4.78, 5) is 0. The van der Waals surface area contributed by atoms with Crippen molar-refractivity contribution in [2.75, 3.05) is 6.61 Å². The molecule has 0 aliphatic carbocycles. The highest BCUT2D eigenvalue weighted by atomic mass is 16.2. The molecule has 0 aromatic heterocycles. The first kappa shape index (κ1) is 14.4. The average molecular weight is 210 g/mol. The molecule has 1 nitrogen and oxygen atoms in total. The van der Waals surface area contributed by atoms with E-state index in [1.807, 2.05) is 0 Å². The van der Waals surface area contributed by atoms with Gasteiger partial charge in [-0.3, -0.25) is 0 Å². The zero-order chi connectivity index (χ0) is 11.7. The van der Waals surface area contributed by atoms with Crippen LogP contribution in [0.15, 0.2) is 23.8 Å². The second-order valence-electron chi connectivity index (χ2n) is 4.75. The predicted molar refractivity (Wildman–Crippen MR) is 67.9 cm³/mol. The fourth-order valence-corrected chi connectivity index (χ4v) is 1.68. The molecule has 1 atom stereocenters. The first-order valence-corrected chi connectivity index (χ1v) is 5.97. The molecule has 0 aromatic rings. The van der Waals surface area contributed by atoms with Gasteiger partial charge in [0, 0.05) is 6.61 Å². The lowest BCUT2D eigenvalue weighted by Gasteiger charge is -2.12. The topological polar surface area (TPSA) is 20.2 Å². The quantitative estimate of drug-likeness (QED) is 0.598. The van der Waals surface area contributed by atoms with Gasteiger partial charge in [0.2, 0.25) is 0 Å². The molecule has 0 saturated heterocycles. The lowest BCUT2D eigenvalue weighted by atomic mass is 9.95. The SMILES string of the molecule is C=C(CCCO)C[C@@H](C)CCC=C(C)C. The average Bonchev–Trinajstić information content (AvgIpc) is 2.14. The Hall–Kier alpha value is -0.560. The van der Waals surface area contributed by atoms with E-state index in [0.29, 0.717) is 5.92 Å². The van der Waals surface area contributed by atoms with Crippen molar-refractivity contribution >= 4 is 0 Å². The summed E-state index contributed by atoms with van der Waals surface area (Å²) in [5.41, 5.74) is 2.69. The highest BCUT2D eigenvalue weighted by molar-refractivity contribution is 4.96. The Morgan fingerprint density at radius 1 is 1.40 bits per heavy atom. The lowest BCUT2D eigenvalue weighted by molar-refractivity contribution is 0.287. The van der Waals surface area contributed by atoms with E-state index in [1.54, 1.807) is 0 Å². The Bertz CT molecular complexity index is 199. The van der Waals surface area contributed by atoms with Crippen LogP contribution in [0, 0.1) is 5.92 Å². The summed E-state index contributed by atoms with van der Waals surface area (Å²) in [5, 5.41) is 8.70. The number of allylic oxidation sites excluding steroid dienone is 3. The molecule has 15 heavy (non-hydrogen) atoms. The van der Waals surface area contributed by atoms with E-state index in [1.165, 1.54) is 24.0 Å². The summed E-state index contributed by atoms with van der Waals surface area (Å²) >= 11 is 0. The van der Waals surface area contributed by atoms with Crippen LogP contribution in [0.4, 0.5) is 0 Å². The number of hydrogen-bond donors (Lipinski definition) is 1. The lowest BCUT2D eigenvalue weighted by Crippen LogP contribution is -1.97. The van der Waals surface area contributed by atoms with Crippen LogP contribution in [0.3, 0.4) is 0 Å². The monoisotopic (exact) mass is 210 g/mol. The molecule has 0 aliphatic rings. The summed E-state index contributed by atoms with van der Waals surface area (Å²) in [6.07, 6.45) is 7.66. The van der Waals surface area contributed by atoms with E-state index in [2.05, 4.69) is 33.4 Å².